The second kappa shape index (κ2) is 6.38. The third-order valence-electron chi connectivity index (χ3n) is 2.82. The van der Waals surface area contributed by atoms with E-state index < -0.39 is 55.8 Å². The highest BCUT2D eigenvalue weighted by molar-refractivity contribution is 5.73. The first kappa shape index (κ1) is 15.2. The second-order valence-electron chi connectivity index (χ2n) is 4.08. The molecule has 0 spiro atoms. The van der Waals surface area contributed by atoms with Gasteiger partial charge in [-0.2, -0.15) is 0 Å². The van der Waals surface area contributed by atoms with Gasteiger partial charge in [-0.05, 0) is 0 Å². The van der Waals surface area contributed by atoms with Crippen LogP contribution in [0.3, 0.4) is 0 Å². The first-order valence-corrected chi connectivity index (χ1v) is 5.40. The van der Waals surface area contributed by atoms with E-state index in [1.54, 1.807) is 0 Å². The molecular formula is C9H18N2O7. The maximum absolute atomic E-state index is 10.7. The number of nitrogens with one attached hydrogen (secondary N) is 1. The fourth-order valence-electron chi connectivity index (χ4n) is 1.69. The topological polar surface area (TPSA) is 166 Å². The van der Waals surface area contributed by atoms with Crippen molar-refractivity contribution in [3.05, 3.63) is 0 Å². The zero-order valence-electron chi connectivity index (χ0n) is 9.51. The molecule has 1 fully saturated rings. The number of ether oxygens (including phenoxy) is 1. The van der Waals surface area contributed by atoms with Gasteiger partial charge >= 0.3 is 5.97 Å². The number of aliphatic hydroxyl groups is 4. The Bertz CT molecular complexity index is 288. The maximum atomic E-state index is 10.7. The van der Waals surface area contributed by atoms with E-state index in [4.69, 9.17) is 25.8 Å². The number of aliphatic hydroxyl groups excluding tert-OH is 4. The van der Waals surface area contributed by atoms with Gasteiger partial charge in [-0.1, -0.05) is 0 Å². The van der Waals surface area contributed by atoms with Crippen LogP contribution >= 0.6 is 0 Å². The fourth-order valence-corrected chi connectivity index (χ4v) is 1.69. The van der Waals surface area contributed by atoms with Crippen LogP contribution < -0.4 is 11.1 Å². The van der Waals surface area contributed by atoms with E-state index >= 15 is 0 Å². The lowest BCUT2D eigenvalue weighted by molar-refractivity contribution is -0.200. The number of carbonyl (C=O) groups is 1. The molecule has 1 rings (SSSR count). The van der Waals surface area contributed by atoms with Crippen LogP contribution in [0.1, 0.15) is 0 Å². The lowest BCUT2D eigenvalue weighted by Gasteiger charge is -2.41. The Balaban J connectivity index is 2.72. The number of carboxylic acid groups (broad SMARTS) is 1. The lowest BCUT2D eigenvalue weighted by atomic mass is 9.96. The molecule has 0 bridgehead atoms. The van der Waals surface area contributed by atoms with Gasteiger partial charge in [0.15, 0.2) is 0 Å². The summed E-state index contributed by atoms with van der Waals surface area (Å²) in [5.41, 5.74) is 5.58. The van der Waals surface area contributed by atoms with Gasteiger partial charge in [-0.3, -0.25) is 10.1 Å². The predicted octanol–water partition coefficient (Wildman–Crippen LogP) is -4.21. The summed E-state index contributed by atoms with van der Waals surface area (Å²) in [5.74, 6) is -1.31. The van der Waals surface area contributed by atoms with Crippen LogP contribution in [0.2, 0.25) is 0 Å². The molecule has 0 amide bonds. The van der Waals surface area contributed by atoms with Crippen molar-refractivity contribution in [1.82, 2.24) is 5.32 Å². The molecule has 0 aromatic heterocycles. The third kappa shape index (κ3) is 3.14. The van der Waals surface area contributed by atoms with Crippen LogP contribution in [0.4, 0.5) is 0 Å². The molecule has 9 nitrogen and oxygen atoms in total. The van der Waals surface area contributed by atoms with Gasteiger partial charge in [0, 0.05) is 0 Å². The maximum Gasteiger partial charge on any atom is 0.323 e. The quantitative estimate of drug-likeness (QED) is 0.261. The Morgan fingerprint density at radius 1 is 1.33 bits per heavy atom. The van der Waals surface area contributed by atoms with Gasteiger partial charge in [-0.15, -0.1) is 0 Å². The van der Waals surface area contributed by atoms with Gasteiger partial charge in [0.05, 0.1) is 19.3 Å². The van der Waals surface area contributed by atoms with Gasteiger partial charge < -0.3 is 36.0 Å². The number of hydrogen-bond acceptors (Lipinski definition) is 8. The summed E-state index contributed by atoms with van der Waals surface area (Å²) in [5, 5.41) is 48.1. The average Bonchev–Trinajstić information content (AvgIpc) is 2.35. The number of aliphatic carboxylic acids is 1. The summed E-state index contributed by atoms with van der Waals surface area (Å²) in [6, 6.07) is -2.40. The molecule has 1 aliphatic rings. The van der Waals surface area contributed by atoms with Crippen LogP contribution in [-0.2, 0) is 9.53 Å². The van der Waals surface area contributed by atoms with Crippen molar-refractivity contribution in [3.63, 3.8) is 0 Å². The van der Waals surface area contributed by atoms with Gasteiger partial charge in [0.2, 0.25) is 0 Å². The first-order chi connectivity index (χ1) is 8.42. The highest BCUT2D eigenvalue weighted by Gasteiger charge is 2.43. The number of carboxylic acids is 1. The van der Waals surface area contributed by atoms with Crippen molar-refractivity contribution in [3.8, 4) is 0 Å². The van der Waals surface area contributed by atoms with Crippen LogP contribution in [0.5, 0.6) is 0 Å². The van der Waals surface area contributed by atoms with E-state index in [1.165, 1.54) is 0 Å². The molecule has 0 aromatic rings. The van der Waals surface area contributed by atoms with Crippen molar-refractivity contribution in [1.29, 1.82) is 0 Å². The SMILES string of the molecule is N[C@@H]1C(N[C@@H](CO)C(=O)O)O[C@H](CO)[C@@H](O)[C@@H]1O. The minimum atomic E-state index is -1.37. The summed E-state index contributed by atoms with van der Waals surface area (Å²) >= 11 is 0. The van der Waals surface area contributed by atoms with Gasteiger partial charge in [0.25, 0.3) is 0 Å². The van der Waals surface area contributed by atoms with Crippen LogP contribution in [0, 0.1) is 0 Å². The standard InChI is InChI=1S/C9H18N2O7/c10-5-7(15)6(14)4(2-13)18-8(5)11-3(1-12)9(16)17/h3-8,11-15H,1-2,10H2,(H,16,17)/t3-,4+,5-,6+,7+,8?/m0/s1. The average molecular weight is 266 g/mol. The van der Waals surface area contributed by atoms with Crippen molar-refractivity contribution >= 4 is 5.97 Å². The summed E-state index contributed by atoms with van der Waals surface area (Å²) in [4.78, 5) is 10.7. The number of nitrogens with two attached hydrogens (primary N) is 1. The minimum Gasteiger partial charge on any atom is -0.480 e. The highest BCUT2D eigenvalue weighted by atomic mass is 16.5. The van der Waals surface area contributed by atoms with Crippen molar-refractivity contribution in [2.75, 3.05) is 13.2 Å². The zero-order chi connectivity index (χ0) is 13.9. The molecule has 9 heteroatoms. The Hall–Kier alpha value is -0.810. The Kier molecular flexibility index (Phi) is 5.41. The Morgan fingerprint density at radius 3 is 2.39 bits per heavy atom. The molecule has 6 atom stereocenters. The summed E-state index contributed by atoms with van der Waals surface area (Å²) in [6.07, 6.45) is -4.92. The van der Waals surface area contributed by atoms with Crippen molar-refractivity contribution in [2.45, 2.75) is 36.6 Å². The van der Waals surface area contributed by atoms with Gasteiger partial charge in [0.1, 0.15) is 30.6 Å². The largest absolute Gasteiger partial charge is 0.480 e. The summed E-state index contributed by atoms with van der Waals surface area (Å²) < 4.78 is 5.14. The smallest absolute Gasteiger partial charge is 0.323 e. The molecule has 0 saturated carbocycles. The Morgan fingerprint density at radius 2 is 1.94 bits per heavy atom. The highest BCUT2D eigenvalue weighted by Crippen LogP contribution is 2.18. The van der Waals surface area contributed by atoms with E-state index in [1.807, 2.05) is 0 Å². The van der Waals surface area contributed by atoms with E-state index in [-0.39, 0.29) is 0 Å². The molecule has 1 heterocycles. The second-order valence-corrected chi connectivity index (χ2v) is 4.08. The Labute approximate surface area is 103 Å². The molecule has 0 aromatic carbocycles. The predicted molar refractivity (Wildman–Crippen MR) is 57.4 cm³/mol. The van der Waals surface area contributed by atoms with Crippen LogP contribution in [-0.4, -0.2) is 81.3 Å². The molecule has 1 saturated heterocycles. The van der Waals surface area contributed by atoms with Crippen LogP contribution in [0.25, 0.3) is 0 Å². The van der Waals surface area contributed by atoms with Crippen molar-refractivity contribution < 1.29 is 35.1 Å². The summed E-state index contributed by atoms with van der Waals surface area (Å²) in [6.45, 7) is -1.25. The van der Waals surface area contributed by atoms with Gasteiger partial charge in [-0.25, -0.2) is 0 Å². The van der Waals surface area contributed by atoms with E-state index in [0.29, 0.717) is 0 Å². The molecule has 0 aliphatic carbocycles. The van der Waals surface area contributed by atoms with E-state index in [0.717, 1.165) is 0 Å². The minimum absolute atomic E-state index is 0.556. The molecule has 0 radical (unpaired) electrons. The summed E-state index contributed by atoms with van der Waals surface area (Å²) in [7, 11) is 0. The zero-order valence-corrected chi connectivity index (χ0v) is 9.51. The molecule has 8 N–H and O–H groups in total. The molecule has 1 aliphatic heterocycles. The lowest BCUT2D eigenvalue weighted by Crippen LogP contribution is -2.67. The fraction of sp³-hybridized carbons (Fsp3) is 0.889. The first-order valence-electron chi connectivity index (χ1n) is 5.40. The monoisotopic (exact) mass is 266 g/mol. The van der Waals surface area contributed by atoms with E-state index in [9.17, 15) is 15.0 Å². The van der Waals surface area contributed by atoms with Crippen molar-refractivity contribution in [2.24, 2.45) is 5.73 Å². The third-order valence-corrected chi connectivity index (χ3v) is 2.82. The molecular weight excluding hydrogens is 248 g/mol. The van der Waals surface area contributed by atoms with Crippen LogP contribution in [0.15, 0.2) is 0 Å². The van der Waals surface area contributed by atoms with E-state index in [2.05, 4.69) is 5.32 Å². The molecule has 18 heavy (non-hydrogen) atoms. The number of rotatable bonds is 5. The molecule has 1 unspecified atom stereocenters. The molecule has 106 valence electrons. The number of hydrogen-bond donors (Lipinski definition) is 7. The normalized spacial score (nSPS) is 38.4.